The quantitative estimate of drug-likeness (QED) is 0.155. The summed E-state index contributed by atoms with van der Waals surface area (Å²) in [6.07, 6.45) is 0. The van der Waals surface area contributed by atoms with Crippen LogP contribution in [0.15, 0.2) is 276 Å². The Kier molecular flexibility index (Phi) is 8.99. The summed E-state index contributed by atoms with van der Waals surface area (Å²) < 4.78 is 13.2. The van der Waals surface area contributed by atoms with E-state index in [0.29, 0.717) is 0 Å². The Balaban J connectivity index is 0.714. The van der Waals surface area contributed by atoms with Crippen LogP contribution in [-0.4, -0.2) is 0 Å². The Morgan fingerprint density at radius 2 is 0.547 bits per heavy atom. The smallest absolute Gasteiger partial charge is 0.136 e. The van der Waals surface area contributed by atoms with Crippen LogP contribution in [0.1, 0.15) is 22.3 Å². The number of benzene rings is 13. The van der Waals surface area contributed by atoms with Crippen LogP contribution in [0.3, 0.4) is 0 Å². The van der Waals surface area contributed by atoms with Crippen LogP contribution in [0, 0.1) is 0 Å². The molecule has 0 atom stereocenters. The molecule has 15 aromatic rings. The molecule has 0 spiro atoms. The normalized spacial score (nSPS) is 12.9. The zero-order chi connectivity index (χ0) is 49.2. The highest BCUT2D eigenvalue weighted by atomic mass is 16.3. The summed E-state index contributed by atoms with van der Waals surface area (Å²) in [7, 11) is 0. The van der Waals surface area contributed by atoms with Crippen LogP contribution >= 0.6 is 0 Å². The van der Waals surface area contributed by atoms with Gasteiger partial charge in [0.25, 0.3) is 0 Å². The Morgan fingerprint density at radius 3 is 1.08 bits per heavy atom. The highest BCUT2D eigenvalue weighted by molar-refractivity contribution is 6.26. The lowest BCUT2D eigenvalue weighted by Crippen LogP contribution is -2.28. The highest BCUT2D eigenvalue weighted by Gasteiger charge is 2.46. The number of furan rings is 2. The third kappa shape index (κ3) is 6.27. The fraction of sp³-hybridized carbons (Fsp3) is 0.0137. The molecule has 2 heteroatoms. The first-order valence-corrected chi connectivity index (χ1v) is 25.9. The second-order valence-electron chi connectivity index (χ2n) is 20.3. The molecule has 348 valence electrons. The molecule has 0 radical (unpaired) electrons. The largest absolute Gasteiger partial charge is 0.456 e. The average Bonchev–Trinajstić information content (AvgIpc) is 4.24. The molecule has 0 aliphatic heterocycles. The molecule has 2 heterocycles. The first-order valence-electron chi connectivity index (χ1n) is 25.9. The molecule has 0 fully saturated rings. The zero-order valence-corrected chi connectivity index (χ0v) is 40.7. The fourth-order valence-corrected chi connectivity index (χ4v) is 12.8. The number of fused-ring (bicyclic) bond motifs is 15. The van der Waals surface area contributed by atoms with Gasteiger partial charge in [0.15, 0.2) is 0 Å². The molecule has 2 aromatic heterocycles. The second-order valence-corrected chi connectivity index (χ2v) is 20.3. The molecule has 16 rings (SSSR count). The molecule has 0 amide bonds. The van der Waals surface area contributed by atoms with Gasteiger partial charge in [-0.05, 0) is 159 Å². The molecule has 0 saturated heterocycles. The summed E-state index contributed by atoms with van der Waals surface area (Å²) in [6, 6.07) is 97.7. The lowest BCUT2D eigenvalue weighted by molar-refractivity contribution is 0.664. The van der Waals surface area contributed by atoms with Crippen molar-refractivity contribution >= 4 is 76.2 Å². The van der Waals surface area contributed by atoms with Gasteiger partial charge >= 0.3 is 0 Å². The second kappa shape index (κ2) is 16.1. The van der Waals surface area contributed by atoms with Crippen LogP contribution in [0.2, 0.25) is 0 Å². The maximum absolute atomic E-state index is 6.64. The Morgan fingerprint density at radius 1 is 0.200 bits per heavy atom. The van der Waals surface area contributed by atoms with E-state index in [4.69, 9.17) is 8.83 Å². The molecule has 13 aromatic carbocycles. The van der Waals surface area contributed by atoms with Gasteiger partial charge in [-0.1, -0.05) is 218 Å². The van der Waals surface area contributed by atoms with Crippen molar-refractivity contribution in [2.24, 2.45) is 0 Å². The van der Waals surface area contributed by atoms with Crippen LogP contribution in [0.5, 0.6) is 0 Å². The Bertz CT molecular complexity index is 4710. The van der Waals surface area contributed by atoms with E-state index in [9.17, 15) is 0 Å². The molecule has 0 N–H and O–H groups in total. The minimum atomic E-state index is -0.464. The molecule has 2 nitrogen and oxygen atoms in total. The van der Waals surface area contributed by atoms with E-state index >= 15 is 0 Å². The van der Waals surface area contributed by atoms with Crippen molar-refractivity contribution in [3.05, 3.63) is 289 Å². The maximum atomic E-state index is 6.64. The van der Waals surface area contributed by atoms with Crippen LogP contribution < -0.4 is 0 Å². The summed E-state index contributed by atoms with van der Waals surface area (Å²) in [5.74, 6) is 0. The van der Waals surface area contributed by atoms with Crippen LogP contribution in [0.4, 0.5) is 0 Å². The lowest BCUT2D eigenvalue weighted by atomic mass is 9.67. The lowest BCUT2D eigenvalue weighted by Gasteiger charge is -2.34. The molecule has 1 aliphatic carbocycles. The van der Waals surface area contributed by atoms with Crippen molar-refractivity contribution in [3.63, 3.8) is 0 Å². The van der Waals surface area contributed by atoms with Crippen molar-refractivity contribution in [3.8, 4) is 55.6 Å². The van der Waals surface area contributed by atoms with E-state index in [0.717, 1.165) is 66.1 Å². The van der Waals surface area contributed by atoms with Crippen molar-refractivity contribution in [1.29, 1.82) is 0 Å². The summed E-state index contributed by atoms with van der Waals surface area (Å²) >= 11 is 0. The molecular formula is C73H44O2. The van der Waals surface area contributed by atoms with E-state index in [1.54, 1.807) is 0 Å². The maximum Gasteiger partial charge on any atom is 0.136 e. The molecule has 0 bridgehead atoms. The summed E-state index contributed by atoms with van der Waals surface area (Å²) in [5, 5.41) is 12.0. The van der Waals surface area contributed by atoms with Gasteiger partial charge < -0.3 is 8.83 Å². The van der Waals surface area contributed by atoms with Gasteiger partial charge in [0.2, 0.25) is 0 Å². The summed E-state index contributed by atoms with van der Waals surface area (Å²) in [5.41, 5.74) is 20.0. The fourth-order valence-electron chi connectivity index (χ4n) is 12.8. The van der Waals surface area contributed by atoms with Gasteiger partial charge in [-0.3, -0.25) is 0 Å². The standard InChI is InChI=1S/C73H44O2/c1-3-13-53(14-4-1)73(54-15-5-2-6-16-54)67-22-12-11-21-60(67)61-36-32-52(42-68(61)73)51-34-38-70-64(41-51)66-44-71-65(43-72(66)75-70)63-40-50(33-37-69(63)74-71)48-29-25-46(26-30-48)45-23-27-47(28-24-45)49-31-35-59-57-19-8-7-17-55(57)56-18-9-10-20-58(56)62(59)39-49/h1-44H. The van der Waals surface area contributed by atoms with Gasteiger partial charge in [-0.15, -0.1) is 0 Å². The number of hydrogen-bond acceptors (Lipinski definition) is 2. The predicted octanol–water partition coefficient (Wildman–Crippen LogP) is 20.0. The molecular weight excluding hydrogens is 909 g/mol. The van der Waals surface area contributed by atoms with E-state index < -0.39 is 5.41 Å². The number of rotatable bonds is 6. The first-order chi connectivity index (χ1) is 37.1. The van der Waals surface area contributed by atoms with Gasteiger partial charge in [0.1, 0.15) is 22.3 Å². The molecule has 0 saturated carbocycles. The summed E-state index contributed by atoms with van der Waals surface area (Å²) in [4.78, 5) is 0. The molecule has 0 unspecified atom stereocenters. The summed E-state index contributed by atoms with van der Waals surface area (Å²) in [6.45, 7) is 0. The van der Waals surface area contributed by atoms with Gasteiger partial charge in [-0.2, -0.15) is 0 Å². The zero-order valence-electron chi connectivity index (χ0n) is 40.7. The molecule has 1 aliphatic rings. The Hall–Kier alpha value is -9.76. The van der Waals surface area contributed by atoms with Gasteiger partial charge in [0.05, 0.1) is 5.41 Å². The van der Waals surface area contributed by atoms with E-state index in [1.807, 2.05) is 0 Å². The van der Waals surface area contributed by atoms with Gasteiger partial charge in [-0.25, -0.2) is 0 Å². The third-order valence-electron chi connectivity index (χ3n) is 16.4. The SMILES string of the molecule is c1ccc(C2(c3ccccc3)c3ccccc3-c3ccc(-c4ccc5oc6cc7c(cc6c5c4)oc4ccc(-c5ccc(-c6ccc(-c8ccc9c%10ccccc%10c%10ccccc%10c9c8)cc6)cc5)cc47)cc32)cc1. The van der Waals surface area contributed by atoms with E-state index in [-0.39, 0.29) is 0 Å². The number of hydrogen-bond donors (Lipinski definition) is 0. The minimum absolute atomic E-state index is 0.464. The van der Waals surface area contributed by atoms with Crippen molar-refractivity contribution in [2.75, 3.05) is 0 Å². The highest BCUT2D eigenvalue weighted by Crippen LogP contribution is 2.57. The van der Waals surface area contributed by atoms with Crippen LogP contribution in [-0.2, 0) is 5.41 Å². The topological polar surface area (TPSA) is 26.3 Å². The van der Waals surface area contributed by atoms with Crippen molar-refractivity contribution in [2.45, 2.75) is 5.41 Å². The minimum Gasteiger partial charge on any atom is -0.456 e. The monoisotopic (exact) mass is 952 g/mol. The average molecular weight is 953 g/mol. The van der Waals surface area contributed by atoms with Crippen molar-refractivity contribution in [1.82, 2.24) is 0 Å². The van der Waals surface area contributed by atoms with E-state index in [1.165, 1.54) is 88.0 Å². The first kappa shape index (κ1) is 41.8. The Labute approximate surface area is 433 Å². The predicted molar refractivity (Wildman–Crippen MR) is 313 cm³/mol. The van der Waals surface area contributed by atoms with E-state index in [2.05, 4.69) is 267 Å². The third-order valence-corrected chi connectivity index (χ3v) is 16.4. The molecule has 75 heavy (non-hydrogen) atoms. The van der Waals surface area contributed by atoms with Crippen molar-refractivity contribution < 1.29 is 8.83 Å². The van der Waals surface area contributed by atoms with Crippen LogP contribution in [0.25, 0.3) is 132 Å². The van der Waals surface area contributed by atoms with Gasteiger partial charge in [0, 0.05) is 21.5 Å².